The van der Waals surface area contributed by atoms with Crippen LogP contribution in [0.2, 0.25) is 0 Å². The Labute approximate surface area is 67.2 Å². The van der Waals surface area contributed by atoms with Gasteiger partial charge in [0.05, 0.1) is 6.61 Å². The van der Waals surface area contributed by atoms with Crippen molar-refractivity contribution in [2.45, 2.75) is 19.8 Å². The Hall–Kier alpha value is -0.370. The second-order valence-corrected chi connectivity index (χ2v) is 2.79. The minimum absolute atomic E-state index is 0.739. The number of hydrogen-bond acceptors (Lipinski definition) is 2. The summed E-state index contributed by atoms with van der Waals surface area (Å²) in [5.41, 5.74) is 0. The summed E-state index contributed by atoms with van der Waals surface area (Å²) >= 11 is 4.25. The van der Waals surface area contributed by atoms with Crippen molar-refractivity contribution < 1.29 is 4.74 Å². The summed E-state index contributed by atoms with van der Waals surface area (Å²) in [4.78, 5) is 1.12. The highest BCUT2D eigenvalue weighted by Crippen LogP contribution is 2.19. The number of thiol groups is 1. The van der Waals surface area contributed by atoms with Gasteiger partial charge < -0.3 is 4.74 Å². The second kappa shape index (κ2) is 3.71. The van der Waals surface area contributed by atoms with Crippen molar-refractivity contribution in [1.29, 1.82) is 0 Å². The van der Waals surface area contributed by atoms with Crippen LogP contribution in [0.25, 0.3) is 0 Å². The van der Waals surface area contributed by atoms with E-state index in [-0.39, 0.29) is 0 Å². The summed E-state index contributed by atoms with van der Waals surface area (Å²) in [5, 5.41) is 0. The van der Waals surface area contributed by atoms with Crippen molar-refractivity contribution in [3.8, 4) is 0 Å². The van der Waals surface area contributed by atoms with Crippen LogP contribution >= 0.6 is 12.6 Å². The summed E-state index contributed by atoms with van der Waals surface area (Å²) in [6.45, 7) is 2.73. The zero-order valence-electron chi connectivity index (χ0n) is 6.13. The Balaban J connectivity index is 2.51. The lowest BCUT2D eigenvalue weighted by Gasteiger charge is -2.09. The highest BCUT2D eigenvalue weighted by molar-refractivity contribution is 7.84. The molecule has 0 amide bonds. The van der Waals surface area contributed by atoms with E-state index in [1.54, 1.807) is 0 Å². The van der Waals surface area contributed by atoms with Crippen LogP contribution in [0.15, 0.2) is 22.8 Å². The third-order valence-electron chi connectivity index (χ3n) is 1.37. The van der Waals surface area contributed by atoms with E-state index in [9.17, 15) is 0 Å². The molecule has 10 heavy (non-hydrogen) atoms. The predicted molar refractivity (Wildman–Crippen MR) is 46.0 cm³/mol. The lowest BCUT2D eigenvalue weighted by Crippen LogP contribution is -1.93. The van der Waals surface area contributed by atoms with Crippen LogP contribution in [-0.4, -0.2) is 6.61 Å². The number of hydrogen-bond donors (Lipinski definition) is 1. The third-order valence-corrected chi connectivity index (χ3v) is 1.72. The van der Waals surface area contributed by atoms with Crippen LogP contribution < -0.4 is 0 Å². The fourth-order valence-corrected chi connectivity index (χ4v) is 1.18. The predicted octanol–water partition coefficient (Wildman–Crippen LogP) is 2.51. The molecule has 0 aromatic rings. The van der Waals surface area contributed by atoms with Gasteiger partial charge in [-0.15, -0.1) is 12.6 Å². The number of allylic oxidation sites excluding steroid dienone is 3. The normalized spacial score (nSPS) is 17.8. The first-order valence-corrected chi connectivity index (χ1v) is 4.00. The molecule has 0 spiro atoms. The molecular weight excluding hydrogens is 144 g/mol. The van der Waals surface area contributed by atoms with E-state index < -0.39 is 0 Å². The summed E-state index contributed by atoms with van der Waals surface area (Å²) in [6, 6.07) is 0. The van der Waals surface area contributed by atoms with Gasteiger partial charge in [-0.05, 0) is 36.8 Å². The van der Waals surface area contributed by atoms with Crippen molar-refractivity contribution in [2.24, 2.45) is 0 Å². The van der Waals surface area contributed by atoms with Crippen LogP contribution in [0.1, 0.15) is 19.8 Å². The monoisotopic (exact) mass is 156 g/mol. The maximum Gasteiger partial charge on any atom is 0.116 e. The van der Waals surface area contributed by atoms with Crippen LogP contribution in [0.4, 0.5) is 0 Å². The highest BCUT2D eigenvalue weighted by atomic mass is 32.1. The molecule has 1 aliphatic carbocycles. The molecule has 0 saturated carbocycles. The van der Waals surface area contributed by atoms with E-state index in [1.807, 2.05) is 13.0 Å². The molecule has 1 aliphatic rings. The molecule has 0 aromatic carbocycles. The van der Waals surface area contributed by atoms with Crippen molar-refractivity contribution in [3.05, 3.63) is 22.8 Å². The zero-order chi connectivity index (χ0) is 7.40. The smallest absolute Gasteiger partial charge is 0.116 e. The molecule has 0 N–H and O–H groups in total. The van der Waals surface area contributed by atoms with Crippen molar-refractivity contribution >= 4 is 12.6 Å². The van der Waals surface area contributed by atoms with Crippen molar-refractivity contribution in [2.75, 3.05) is 6.61 Å². The second-order valence-electron chi connectivity index (χ2n) is 2.21. The average molecular weight is 156 g/mol. The lowest BCUT2D eigenvalue weighted by molar-refractivity contribution is 0.240. The first-order chi connectivity index (χ1) is 4.83. The largest absolute Gasteiger partial charge is 0.494 e. The maximum absolute atomic E-state index is 5.29. The number of ether oxygens (including phenoxy) is 1. The summed E-state index contributed by atoms with van der Waals surface area (Å²) in [5.74, 6) is 0.971. The van der Waals surface area contributed by atoms with Gasteiger partial charge in [-0.25, -0.2) is 0 Å². The van der Waals surface area contributed by atoms with Crippen LogP contribution in [-0.2, 0) is 4.74 Å². The van der Waals surface area contributed by atoms with Gasteiger partial charge in [0.25, 0.3) is 0 Å². The van der Waals surface area contributed by atoms with E-state index in [0.29, 0.717) is 0 Å². The van der Waals surface area contributed by atoms with Gasteiger partial charge in [-0.1, -0.05) is 0 Å². The van der Waals surface area contributed by atoms with E-state index in [2.05, 4.69) is 18.7 Å². The highest BCUT2D eigenvalue weighted by Gasteiger charge is 2.01. The molecule has 2 heteroatoms. The Morgan fingerprint density at radius 3 is 3.10 bits per heavy atom. The SMILES string of the molecule is CCOC1=CCCC(S)=C1. The molecule has 0 aromatic heterocycles. The van der Waals surface area contributed by atoms with Gasteiger partial charge in [0.1, 0.15) is 5.76 Å². The molecule has 0 fully saturated rings. The van der Waals surface area contributed by atoms with E-state index in [4.69, 9.17) is 4.74 Å². The van der Waals surface area contributed by atoms with Crippen LogP contribution in [0.3, 0.4) is 0 Å². The average Bonchev–Trinajstić information content (AvgIpc) is 1.88. The van der Waals surface area contributed by atoms with Gasteiger partial charge in [0.2, 0.25) is 0 Å². The Morgan fingerprint density at radius 1 is 1.70 bits per heavy atom. The number of rotatable bonds is 2. The summed E-state index contributed by atoms with van der Waals surface area (Å²) in [6.07, 6.45) is 6.20. The van der Waals surface area contributed by atoms with Gasteiger partial charge in [0.15, 0.2) is 0 Å². The fourth-order valence-electron chi connectivity index (χ4n) is 0.925. The lowest BCUT2D eigenvalue weighted by atomic mass is 10.2. The van der Waals surface area contributed by atoms with Crippen LogP contribution in [0.5, 0.6) is 0 Å². The van der Waals surface area contributed by atoms with E-state index >= 15 is 0 Å². The van der Waals surface area contributed by atoms with Gasteiger partial charge in [0, 0.05) is 0 Å². The third kappa shape index (κ3) is 2.10. The molecule has 0 atom stereocenters. The molecular formula is C8H12OS. The molecule has 0 saturated heterocycles. The summed E-state index contributed by atoms with van der Waals surface area (Å²) < 4.78 is 5.29. The van der Waals surface area contributed by atoms with E-state index in [0.717, 1.165) is 30.1 Å². The molecule has 0 radical (unpaired) electrons. The Bertz CT molecular complexity index is 170. The molecule has 56 valence electrons. The molecule has 0 bridgehead atoms. The molecule has 0 unspecified atom stereocenters. The molecule has 0 heterocycles. The van der Waals surface area contributed by atoms with Crippen molar-refractivity contribution in [1.82, 2.24) is 0 Å². The van der Waals surface area contributed by atoms with Crippen molar-refractivity contribution in [3.63, 3.8) is 0 Å². The quantitative estimate of drug-likeness (QED) is 0.604. The molecule has 1 nitrogen and oxygen atoms in total. The molecule has 0 aliphatic heterocycles. The minimum atomic E-state index is 0.739. The summed E-state index contributed by atoms with van der Waals surface area (Å²) in [7, 11) is 0. The first kappa shape index (κ1) is 7.73. The standard InChI is InChI=1S/C8H12OS/c1-2-9-7-4-3-5-8(10)6-7/h4,6,10H,2-3,5H2,1H3. The molecule has 1 rings (SSSR count). The van der Waals surface area contributed by atoms with E-state index in [1.165, 1.54) is 0 Å². The van der Waals surface area contributed by atoms with Gasteiger partial charge in [-0.2, -0.15) is 0 Å². The van der Waals surface area contributed by atoms with Gasteiger partial charge in [-0.3, -0.25) is 0 Å². The fraction of sp³-hybridized carbons (Fsp3) is 0.500. The Kier molecular flexibility index (Phi) is 2.87. The maximum atomic E-state index is 5.29. The van der Waals surface area contributed by atoms with Crippen LogP contribution in [0, 0.1) is 0 Å². The minimum Gasteiger partial charge on any atom is -0.494 e. The zero-order valence-corrected chi connectivity index (χ0v) is 7.03. The topological polar surface area (TPSA) is 9.23 Å². The Morgan fingerprint density at radius 2 is 2.50 bits per heavy atom. The first-order valence-electron chi connectivity index (χ1n) is 3.55. The van der Waals surface area contributed by atoms with Gasteiger partial charge >= 0.3 is 0 Å².